The number of hydrogen-bond acceptors (Lipinski definition) is 4. The molecule has 2 fully saturated rings. The Hall–Kier alpha value is -0.700. The summed E-state index contributed by atoms with van der Waals surface area (Å²) in [5, 5.41) is 0. The maximum absolute atomic E-state index is 12.6. The Labute approximate surface area is 140 Å². The molecule has 2 aliphatic rings. The van der Waals surface area contributed by atoms with Crippen molar-refractivity contribution < 1.29 is 13.2 Å². The van der Waals surface area contributed by atoms with Crippen molar-refractivity contribution in [3.63, 3.8) is 0 Å². The third-order valence-corrected chi connectivity index (χ3v) is 7.16. The quantitative estimate of drug-likeness (QED) is 0.706. The summed E-state index contributed by atoms with van der Waals surface area (Å²) < 4.78 is 28.0. The molecule has 2 heterocycles. The van der Waals surface area contributed by atoms with Gasteiger partial charge in [-0.2, -0.15) is 17.0 Å². The van der Waals surface area contributed by atoms with Crippen molar-refractivity contribution in [1.29, 1.82) is 0 Å². The fraction of sp³-hybridized carbons (Fsp3) is 0.933. The second-order valence-corrected chi connectivity index (χ2v) is 8.32. The van der Waals surface area contributed by atoms with E-state index in [0.29, 0.717) is 39.0 Å². The first-order valence-corrected chi connectivity index (χ1v) is 10.0. The summed E-state index contributed by atoms with van der Waals surface area (Å²) in [5.74, 6) is 0.180. The van der Waals surface area contributed by atoms with Crippen LogP contribution < -0.4 is 0 Å². The fourth-order valence-corrected chi connectivity index (χ4v) is 4.98. The molecular formula is C15H30N4O3S. The molecule has 2 rings (SSSR count). The van der Waals surface area contributed by atoms with Gasteiger partial charge in [-0.3, -0.25) is 4.79 Å². The lowest BCUT2D eigenvalue weighted by Crippen LogP contribution is -2.52. The molecule has 0 bridgehead atoms. The smallest absolute Gasteiger partial charge is 0.281 e. The van der Waals surface area contributed by atoms with Crippen LogP contribution >= 0.6 is 0 Å². The highest BCUT2D eigenvalue weighted by Gasteiger charge is 2.35. The molecule has 0 spiro atoms. The van der Waals surface area contributed by atoms with E-state index in [1.165, 1.54) is 8.61 Å². The number of rotatable bonds is 5. The first-order valence-electron chi connectivity index (χ1n) is 8.62. The highest BCUT2D eigenvalue weighted by atomic mass is 32.2. The van der Waals surface area contributed by atoms with Crippen molar-refractivity contribution in [2.24, 2.45) is 5.92 Å². The van der Waals surface area contributed by atoms with Gasteiger partial charge in [0.1, 0.15) is 0 Å². The summed E-state index contributed by atoms with van der Waals surface area (Å²) in [4.78, 5) is 16.8. The predicted molar refractivity (Wildman–Crippen MR) is 90.2 cm³/mol. The third-order valence-electron chi connectivity index (χ3n) is 4.98. The monoisotopic (exact) mass is 346 g/mol. The minimum absolute atomic E-state index is 0.0263. The van der Waals surface area contributed by atoms with Crippen LogP contribution in [-0.4, -0.2) is 92.1 Å². The van der Waals surface area contributed by atoms with Gasteiger partial charge >= 0.3 is 0 Å². The molecule has 0 aromatic carbocycles. The molecule has 23 heavy (non-hydrogen) atoms. The van der Waals surface area contributed by atoms with Gasteiger partial charge in [0.05, 0.1) is 0 Å². The molecule has 0 aromatic heterocycles. The fourth-order valence-electron chi connectivity index (χ4n) is 3.33. The maximum atomic E-state index is 12.6. The Morgan fingerprint density at radius 1 is 1.00 bits per heavy atom. The van der Waals surface area contributed by atoms with Crippen molar-refractivity contribution in [3.05, 3.63) is 0 Å². The lowest BCUT2D eigenvalue weighted by molar-refractivity contribution is -0.138. The van der Waals surface area contributed by atoms with Gasteiger partial charge < -0.3 is 9.80 Å². The summed E-state index contributed by atoms with van der Waals surface area (Å²) in [6.07, 6.45) is 1.26. The van der Waals surface area contributed by atoms with Gasteiger partial charge in [-0.25, -0.2) is 0 Å². The Kier molecular flexibility index (Phi) is 6.41. The number of hydrogen-bond donors (Lipinski definition) is 0. The maximum Gasteiger partial charge on any atom is 0.281 e. The van der Waals surface area contributed by atoms with Gasteiger partial charge in [-0.05, 0) is 19.9 Å². The Balaban J connectivity index is 1.89. The number of likely N-dealkylation sites (N-methyl/N-ethyl adjacent to an activating group) is 1. The van der Waals surface area contributed by atoms with E-state index in [0.717, 1.165) is 26.2 Å². The Bertz CT molecular complexity index is 491. The second-order valence-electron chi connectivity index (χ2n) is 6.39. The molecule has 134 valence electrons. The van der Waals surface area contributed by atoms with Gasteiger partial charge in [0, 0.05) is 58.3 Å². The first kappa shape index (κ1) is 18.6. The normalized spacial score (nSPS) is 22.7. The number of piperazine rings is 1. The average Bonchev–Trinajstić information content (AvgIpc) is 2.56. The molecule has 0 aromatic rings. The summed E-state index contributed by atoms with van der Waals surface area (Å²) in [6.45, 7) is 8.97. The zero-order valence-electron chi connectivity index (χ0n) is 14.6. The number of piperidine rings is 1. The van der Waals surface area contributed by atoms with E-state index >= 15 is 0 Å². The van der Waals surface area contributed by atoms with Gasteiger partial charge in [-0.15, -0.1) is 0 Å². The molecule has 0 unspecified atom stereocenters. The van der Waals surface area contributed by atoms with Crippen molar-refractivity contribution >= 4 is 16.1 Å². The van der Waals surface area contributed by atoms with E-state index < -0.39 is 10.2 Å². The van der Waals surface area contributed by atoms with Crippen LogP contribution in [0.1, 0.15) is 26.7 Å². The van der Waals surface area contributed by atoms with E-state index in [2.05, 4.69) is 11.9 Å². The molecule has 0 radical (unpaired) electrons. The van der Waals surface area contributed by atoms with Crippen LogP contribution in [0.15, 0.2) is 0 Å². The molecule has 0 atom stereocenters. The second kappa shape index (κ2) is 7.92. The summed E-state index contributed by atoms with van der Waals surface area (Å²) in [6, 6.07) is 0. The molecule has 7 nitrogen and oxygen atoms in total. The van der Waals surface area contributed by atoms with Gasteiger partial charge in [0.2, 0.25) is 5.91 Å². The van der Waals surface area contributed by atoms with E-state index in [4.69, 9.17) is 0 Å². The number of carbonyl (C=O) groups excluding carboxylic acids is 1. The van der Waals surface area contributed by atoms with E-state index in [-0.39, 0.29) is 11.8 Å². The number of amides is 1. The number of carbonyl (C=O) groups is 1. The van der Waals surface area contributed by atoms with Crippen LogP contribution in [0.25, 0.3) is 0 Å². The van der Waals surface area contributed by atoms with Gasteiger partial charge in [-0.1, -0.05) is 13.8 Å². The lowest BCUT2D eigenvalue weighted by Gasteiger charge is -2.38. The summed E-state index contributed by atoms with van der Waals surface area (Å²) in [5.41, 5.74) is 0. The SMILES string of the molecule is CCN(CC)S(=O)(=O)N1CCC(C(=O)N2CCN(C)CC2)CC1. The Morgan fingerprint density at radius 2 is 1.52 bits per heavy atom. The van der Waals surface area contributed by atoms with Gasteiger partial charge in [0.25, 0.3) is 10.2 Å². The minimum atomic E-state index is -3.37. The number of nitrogens with zero attached hydrogens (tertiary/aromatic N) is 4. The van der Waals surface area contributed by atoms with Crippen molar-refractivity contribution in [2.75, 3.05) is 59.4 Å². The van der Waals surface area contributed by atoms with E-state index in [1.54, 1.807) is 0 Å². The van der Waals surface area contributed by atoms with Crippen LogP contribution in [0.4, 0.5) is 0 Å². The molecular weight excluding hydrogens is 316 g/mol. The van der Waals surface area contributed by atoms with Crippen molar-refractivity contribution in [2.45, 2.75) is 26.7 Å². The molecule has 2 saturated heterocycles. The van der Waals surface area contributed by atoms with Crippen LogP contribution in [0.3, 0.4) is 0 Å². The van der Waals surface area contributed by atoms with Crippen LogP contribution in [0.5, 0.6) is 0 Å². The topological polar surface area (TPSA) is 64.2 Å². The van der Waals surface area contributed by atoms with E-state index in [1.807, 2.05) is 18.7 Å². The Morgan fingerprint density at radius 3 is 2.00 bits per heavy atom. The largest absolute Gasteiger partial charge is 0.340 e. The highest BCUT2D eigenvalue weighted by Crippen LogP contribution is 2.23. The van der Waals surface area contributed by atoms with Gasteiger partial charge in [0.15, 0.2) is 0 Å². The van der Waals surface area contributed by atoms with Crippen LogP contribution in [-0.2, 0) is 15.0 Å². The van der Waals surface area contributed by atoms with Crippen molar-refractivity contribution in [3.8, 4) is 0 Å². The molecule has 8 heteroatoms. The third kappa shape index (κ3) is 4.23. The van der Waals surface area contributed by atoms with Crippen LogP contribution in [0.2, 0.25) is 0 Å². The molecule has 2 aliphatic heterocycles. The standard InChI is InChI=1S/C15H30N4O3S/c1-4-18(5-2)23(21,22)19-8-6-14(7-9-19)15(20)17-12-10-16(3)11-13-17/h14H,4-13H2,1-3H3. The zero-order valence-corrected chi connectivity index (χ0v) is 15.4. The van der Waals surface area contributed by atoms with E-state index in [9.17, 15) is 13.2 Å². The minimum Gasteiger partial charge on any atom is -0.340 e. The zero-order chi connectivity index (χ0) is 17.0. The molecule has 0 saturated carbocycles. The molecule has 0 N–H and O–H groups in total. The van der Waals surface area contributed by atoms with Crippen LogP contribution in [0, 0.1) is 5.92 Å². The average molecular weight is 346 g/mol. The molecule has 0 aliphatic carbocycles. The molecule has 1 amide bonds. The lowest BCUT2D eigenvalue weighted by atomic mass is 9.96. The highest BCUT2D eigenvalue weighted by molar-refractivity contribution is 7.86. The van der Waals surface area contributed by atoms with Crippen molar-refractivity contribution in [1.82, 2.24) is 18.4 Å². The summed E-state index contributed by atoms with van der Waals surface area (Å²) in [7, 11) is -1.30. The summed E-state index contributed by atoms with van der Waals surface area (Å²) >= 11 is 0. The first-order chi connectivity index (χ1) is 10.9. The predicted octanol–water partition coefficient (Wildman–Crippen LogP) is 0.0590.